The predicted octanol–water partition coefficient (Wildman–Crippen LogP) is 2.93. The highest BCUT2D eigenvalue weighted by atomic mass is 32.2. The van der Waals surface area contributed by atoms with E-state index in [1.165, 1.54) is 24.2 Å². The minimum absolute atomic E-state index is 0.296. The summed E-state index contributed by atoms with van der Waals surface area (Å²) in [4.78, 5) is 8.30. The molecule has 0 N–H and O–H groups in total. The first-order valence-electron chi connectivity index (χ1n) is 5.85. The summed E-state index contributed by atoms with van der Waals surface area (Å²) in [6, 6.07) is 4.16. The molecule has 0 bridgehead atoms. The van der Waals surface area contributed by atoms with Crippen LogP contribution < -0.4 is 0 Å². The van der Waals surface area contributed by atoms with Gasteiger partial charge < -0.3 is 0 Å². The van der Waals surface area contributed by atoms with Crippen molar-refractivity contribution in [2.75, 3.05) is 0 Å². The van der Waals surface area contributed by atoms with Gasteiger partial charge in [-0.05, 0) is 6.07 Å². The van der Waals surface area contributed by atoms with E-state index in [0.717, 1.165) is 11.5 Å². The summed E-state index contributed by atoms with van der Waals surface area (Å²) >= 11 is 1.33. The van der Waals surface area contributed by atoms with E-state index in [1.807, 2.05) is 0 Å². The van der Waals surface area contributed by atoms with E-state index in [4.69, 9.17) is 0 Å². The zero-order chi connectivity index (χ0) is 14.1. The number of aromatic nitrogens is 4. The number of halogens is 2. The lowest BCUT2D eigenvalue weighted by atomic mass is 10.2. The third kappa shape index (κ3) is 2.24. The Balaban J connectivity index is 1.89. The van der Waals surface area contributed by atoms with Gasteiger partial charge in [-0.25, -0.2) is 18.7 Å². The summed E-state index contributed by atoms with van der Waals surface area (Å²) in [7, 11) is 1.79. The van der Waals surface area contributed by atoms with Gasteiger partial charge in [-0.1, -0.05) is 12.1 Å². The molecular formula is C13H10F2N4S. The molecule has 0 aliphatic carbocycles. The van der Waals surface area contributed by atoms with Gasteiger partial charge >= 0.3 is 0 Å². The van der Waals surface area contributed by atoms with Crippen molar-refractivity contribution < 1.29 is 8.78 Å². The van der Waals surface area contributed by atoms with Crippen LogP contribution in [-0.4, -0.2) is 19.7 Å². The molecule has 4 nitrogen and oxygen atoms in total. The van der Waals surface area contributed by atoms with Crippen LogP contribution in [0.5, 0.6) is 0 Å². The van der Waals surface area contributed by atoms with E-state index in [9.17, 15) is 8.78 Å². The van der Waals surface area contributed by atoms with Gasteiger partial charge in [0, 0.05) is 18.4 Å². The first kappa shape index (κ1) is 13.0. The predicted molar refractivity (Wildman–Crippen MR) is 72.2 cm³/mol. The molecule has 0 saturated carbocycles. The van der Waals surface area contributed by atoms with Crippen molar-refractivity contribution in [3.63, 3.8) is 0 Å². The fourth-order valence-corrected chi connectivity index (χ4v) is 2.80. The van der Waals surface area contributed by atoms with Gasteiger partial charge in [0.05, 0.1) is 11.6 Å². The van der Waals surface area contributed by atoms with E-state index in [-0.39, 0.29) is 0 Å². The van der Waals surface area contributed by atoms with Crippen LogP contribution in [0.25, 0.3) is 11.0 Å². The van der Waals surface area contributed by atoms with Crippen LogP contribution >= 0.6 is 11.8 Å². The van der Waals surface area contributed by atoms with Crippen molar-refractivity contribution in [3.8, 4) is 0 Å². The van der Waals surface area contributed by atoms with Crippen LogP contribution in [0, 0.1) is 11.6 Å². The lowest BCUT2D eigenvalue weighted by Gasteiger charge is -2.04. The molecule has 0 aliphatic heterocycles. The number of hydrogen-bond acceptors (Lipinski definition) is 4. The van der Waals surface area contributed by atoms with Gasteiger partial charge in [0.1, 0.15) is 11.4 Å². The molecule has 2 aromatic heterocycles. The molecule has 3 rings (SSSR count). The Kier molecular flexibility index (Phi) is 3.35. The molecule has 0 amide bonds. The molecule has 102 valence electrons. The molecule has 0 fully saturated rings. The topological polar surface area (TPSA) is 43.6 Å². The Labute approximate surface area is 117 Å². The minimum atomic E-state index is -0.836. The molecule has 2 heterocycles. The Hall–Kier alpha value is -2.02. The first-order valence-corrected chi connectivity index (χ1v) is 6.84. The fraction of sp³-hybridized carbons (Fsp3) is 0.154. The van der Waals surface area contributed by atoms with E-state index in [1.54, 1.807) is 24.0 Å². The molecular weight excluding hydrogens is 282 g/mol. The number of benzene rings is 1. The SMILES string of the molecule is Cn1ncc2c(SCc3cccc(F)c3F)ncnc21. The summed E-state index contributed by atoms with van der Waals surface area (Å²) in [6.07, 6.45) is 3.11. The zero-order valence-electron chi connectivity index (χ0n) is 10.5. The van der Waals surface area contributed by atoms with Crippen LogP contribution in [0.4, 0.5) is 8.78 Å². The first-order chi connectivity index (χ1) is 9.66. The van der Waals surface area contributed by atoms with E-state index >= 15 is 0 Å². The van der Waals surface area contributed by atoms with Crippen molar-refractivity contribution in [3.05, 3.63) is 47.9 Å². The van der Waals surface area contributed by atoms with Gasteiger partial charge in [-0.2, -0.15) is 5.10 Å². The van der Waals surface area contributed by atoms with Crippen LogP contribution in [0.3, 0.4) is 0 Å². The molecule has 3 aromatic rings. The highest BCUT2D eigenvalue weighted by molar-refractivity contribution is 7.98. The fourth-order valence-electron chi connectivity index (χ4n) is 1.86. The van der Waals surface area contributed by atoms with Gasteiger partial charge in [0.25, 0.3) is 0 Å². The number of rotatable bonds is 3. The second kappa shape index (κ2) is 5.16. The maximum Gasteiger partial charge on any atom is 0.162 e. The van der Waals surface area contributed by atoms with Crippen LogP contribution in [0.15, 0.2) is 35.7 Å². The summed E-state index contributed by atoms with van der Waals surface area (Å²) in [5, 5.41) is 5.61. The van der Waals surface area contributed by atoms with Crippen molar-refractivity contribution in [2.24, 2.45) is 7.05 Å². The minimum Gasteiger partial charge on any atom is -0.250 e. The molecule has 0 radical (unpaired) electrons. The standard InChI is InChI=1S/C13H10F2N4S/c1-19-12-9(5-18-19)13(17-7-16-12)20-6-8-3-2-4-10(14)11(8)15/h2-5,7H,6H2,1H3. The normalized spacial score (nSPS) is 11.2. The average Bonchev–Trinajstić information content (AvgIpc) is 2.83. The van der Waals surface area contributed by atoms with E-state index < -0.39 is 11.6 Å². The molecule has 0 spiro atoms. The van der Waals surface area contributed by atoms with Crippen molar-refractivity contribution >= 4 is 22.8 Å². The summed E-state index contributed by atoms with van der Waals surface area (Å²) in [6.45, 7) is 0. The van der Waals surface area contributed by atoms with Crippen LogP contribution in [0.2, 0.25) is 0 Å². The molecule has 0 unspecified atom stereocenters. The van der Waals surface area contributed by atoms with Gasteiger partial charge in [0.2, 0.25) is 0 Å². The zero-order valence-corrected chi connectivity index (χ0v) is 11.4. The number of nitrogens with zero attached hydrogens (tertiary/aromatic N) is 4. The Morgan fingerprint density at radius 1 is 1.25 bits per heavy atom. The monoisotopic (exact) mass is 292 g/mol. The van der Waals surface area contributed by atoms with Crippen molar-refractivity contribution in [2.45, 2.75) is 10.8 Å². The lowest BCUT2D eigenvalue weighted by molar-refractivity contribution is 0.502. The lowest BCUT2D eigenvalue weighted by Crippen LogP contribution is -1.94. The van der Waals surface area contributed by atoms with Gasteiger partial charge in [-0.15, -0.1) is 11.8 Å². The molecule has 20 heavy (non-hydrogen) atoms. The smallest absolute Gasteiger partial charge is 0.162 e. The highest BCUT2D eigenvalue weighted by Gasteiger charge is 2.11. The molecule has 0 saturated heterocycles. The second-order valence-electron chi connectivity index (χ2n) is 4.19. The van der Waals surface area contributed by atoms with Crippen molar-refractivity contribution in [1.82, 2.24) is 19.7 Å². The molecule has 7 heteroatoms. The summed E-state index contributed by atoms with van der Waals surface area (Å²) < 4.78 is 28.4. The third-order valence-electron chi connectivity index (χ3n) is 2.89. The number of thioether (sulfide) groups is 1. The van der Waals surface area contributed by atoms with E-state index in [0.29, 0.717) is 22.0 Å². The third-order valence-corrected chi connectivity index (χ3v) is 3.94. The summed E-state index contributed by atoms with van der Waals surface area (Å²) in [5.74, 6) is -1.35. The largest absolute Gasteiger partial charge is 0.250 e. The molecule has 0 atom stereocenters. The van der Waals surface area contributed by atoms with Crippen molar-refractivity contribution in [1.29, 1.82) is 0 Å². The molecule has 0 aliphatic rings. The maximum atomic E-state index is 13.6. The van der Waals surface area contributed by atoms with Crippen LogP contribution in [-0.2, 0) is 12.8 Å². The number of aryl methyl sites for hydroxylation is 1. The van der Waals surface area contributed by atoms with E-state index in [2.05, 4.69) is 15.1 Å². The summed E-state index contributed by atoms with van der Waals surface area (Å²) in [5.41, 5.74) is 1.02. The quantitative estimate of drug-likeness (QED) is 0.550. The van der Waals surface area contributed by atoms with Gasteiger partial charge in [0.15, 0.2) is 17.3 Å². The Bertz CT molecular complexity index is 772. The maximum absolute atomic E-state index is 13.6. The number of fused-ring (bicyclic) bond motifs is 1. The Morgan fingerprint density at radius 2 is 2.10 bits per heavy atom. The van der Waals surface area contributed by atoms with Crippen LogP contribution in [0.1, 0.15) is 5.56 Å². The average molecular weight is 292 g/mol. The number of hydrogen-bond donors (Lipinski definition) is 0. The second-order valence-corrected chi connectivity index (χ2v) is 5.15. The Morgan fingerprint density at radius 3 is 2.95 bits per heavy atom. The highest BCUT2D eigenvalue weighted by Crippen LogP contribution is 2.28. The molecule has 1 aromatic carbocycles. The van der Waals surface area contributed by atoms with Gasteiger partial charge in [-0.3, -0.25) is 4.68 Å².